The number of rotatable bonds is 10. The lowest BCUT2D eigenvalue weighted by Gasteiger charge is -2.34. The second-order valence-electron chi connectivity index (χ2n) is 6.44. The topological polar surface area (TPSA) is 54.9 Å². The average molecular weight is 473 g/mol. The minimum absolute atomic E-state index is 0. The van der Waals surface area contributed by atoms with Crippen LogP contribution in [0.1, 0.15) is 40.0 Å². The molecule has 144 valence electrons. The second kappa shape index (κ2) is 14.4. The number of aliphatic imine (C=N–C) groups is 1. The molecule has 0 radical (unpaired) electrons. The average Bonchev–Trinajstić information content (AvgIpc) is 2.56. The second-order valence-corrected chi connectivity index (χ2v) is 7.72. The molecule has 0 aromatic carbocycles. The summed E-state index contributed by atoms with van der Waals surface area (Å²) in [6, 6.07) is 0. The van der Waals surface area contributed by atoms with E-state index in [9.17, 15) is 0 Å². The predicted molar refractivity (Wildman–Crippen MR) is 116 cm³/mol. The Morgan fingerprint density at radius 3 is 2.58 bits per heavy atom. The van der Waals surface area contributed by atoms with Crippen LogP contribution in [0.5, 0.6) is 0 Å². The summed E-state index contributed by atoms with van der Waals surface area (Å²) in [5.41, 5.74) is 0. The van der Waals surface area contributed by atoms with Gasteiger partial charge in [0.25, 0.3) is 0 Å². The van der Waals surface area contributed by atoms with Crippen molar-refractivity contribution in [2.75, 3.05) is 52.3 Å². The van der Waals surface area contributed by atoms with Gasteiger partial charge in [0.15, 0.2) is 5.96 Å². The van der Waals surface area contributed by atoms with Gasteiger partial charge in [-0.25, -0.2) is 0 Å². The Kier molecular flexibility index (Phi) is 14.6. The molecule has 2 N–H and O–H groups in total. The van der Waals surface area contributed by atoms with Crippen molar-refractivity contribution in [1.29, 1.82) is 0 Å². The van der Waals surface area contributed by atoms with E-state index in [1.54, 1.807) is 0 Å². The maximum absolute atomic E-state index is 5.61. The third-order valence-electron chi connectivity index (χ3n) is 3.92. The molecule has 7 heteroatoms. The molecule has 0 bridgehead atoms. The molecule has 0 saturated carbocycles. The molecule has 0 atom stereocenters. The van der Waals surface area contributed by atoms with Crippen molar-refractivity contribution >= 4 is 41.7 Å². The van der Waals surface area contributed by atoms with Gasteiger partial charge < -0.3 is 20.1 Å². The smallest absolute Gasteiger partial charge is 0.191 e. The van der Waals surface area contributed by atoms with E-state index in [4.69, 9.17) is 14.5 Å². The van der Waals surface area contributed by atoms with Gasteiger partial charge >= 0.3 is 0 Å². The number of nitrogens with zero attached hydrogens (tertiary/aromatic N) is 1. The summed E-state index contributed by atoms with van der Waals surface area (Å²) in [4.78, 5) is 4.80. The van der Waals surface area contributed by atoms with Crippen molar-refractivity contribution in [3.8, 4) is 0 Å². The summed E-state index contributed by atoms with van der Waals surface area (Å²) in [6.07, 6.45) is 5.35. The predicted octanol–water partition coefficient (Wildman–Crippen LogP) is 3.13. The Morgan fingerprint density at radius 2 is 2.00 bits per heavy atom. The van der Waals surface area contributed by atoms with Gasteiger partial charge in [0.1, 0.15) is 0 Å². The Morgan fingerprint density at radius 1 is 1.29 bits per heavy atom. The summed E-state index contributed by atoms with van der Waals surface area (Å²) in [5, 5.41) is 6.74. The van der Waals surface area contributed by atoms with E-state index in [1.807, 2.05) is 11.8 Å². The van der Waals surface area contributed by atoms with E-state index in [1.165, 1.54) is 0 Å². The number of thioether (sulfide) groups is 1. The summed E-state index contributed by atoms with van der Waals surface area (Å²) in [5.74, 6) is 1.51. The van der Waals surface area contributed by atoms with E-state index >= 15 is 0 Å². The van der Waals surface area contributed by atoms with Crippen LogP contribution in [0.25, 0.3) is 0 Å². The molecular formula is C17H36IN3O2S. The van der Waals surface area contributed by atoms with Gasteiger partial charge in [0, 0.05) is 44.3 Å². The Balaban J connectivity index is 0.00000529. The van der Waals surface area contributed by atoms with Crippen LogP contribution >= 0.6 is 35.7 Å². The van der Waals surface area contributed by atoms with E-state index in [0.717, 1.165) is 71.3 Å². The molecule has 0 unspecified atom stereocenters. The highest BCUT2D eigenvalue weighted by Crippen LogP contribution is 2.33. The Hall–Kier alpha value is 0.270. The number of halogens is 1. The van der Waals surface area contributed by atoms with Crippen LogP contribution in [-0.2, 0) is 9.47 Å². The fraction of sp³-hybridized carbons (Fsp3) is 0.941. The quantitative estimate of drug-likeness (QED) is 0.221. The molecule has 1 rings (SSSR count). The lowest BCUT2D eigenvalue weighted by molar-refractivity contribution is 0.0794. The van der Waals surface area contributed by atoms with Gasteiger partial charge in [0.2, 0.25) is 0 Å². The molecule has 24 heavy (non-hydrogen) atoms. The van der Waals surface area contributed by atoms with Gasteiger partial charge in [-0.05, 0) is 38.4 Å². The van der Waals surface area contributed by atoms with Crippen LogP contribution in [-0.4, -0.2) is 63.0 Å². The highest BCUT2D eigenvalue weighted by molar-refractivity contribution is 14.0. The first-order valence-corrected chi connectivity index (χ1v) is 10.1. The molecule has 1 fully saturated rings. The minimum Gasteiger partial charge on any atom is -0.381 e. The third kappa shape index (κ3) is 10.3. The molecule has 1 aliphatic heterocycles. The van der Waals surface area contributed by atoms with E-state index < -0.39 is 0 Å². The zero-order valence-corrected chi connectivity index (χ0v) is 18.9. The van der Waals surface area contributed by atoms with Gasteiger partial charge in [-0.2, -0.15) is 11.8 Å². The largest absolute Gasteiger partial charge is 0.381 e. The van der Waals surface area contributed by atoms with E-state index in [-0.39, 0.29) is 28.7 Å². The van der Waals surface area contributed by atoms with Crippen LogP contribution in [0.15, 0.2) is 4.99 Å². The van der Waals surface area contributed by atoms with Crippen molar-refractivity contribution in [2.45, 2.75) is 44.8 Å². The van der Waals surface area contributed by atoms with Crippen molar-refractivity contribution in [2.24, 2.45) is 10.9 Å². The van der Waals surface area contributed by atoms with Gasteiger partial charge in [-0.15, -0.1) is 24.0 Å². The van der Waals surface area contributed by atoms with Crippen LogP contribution in [0.2, 0.25) is 0 Å². The van der Waals surface area contributed by atoms with Crippen molar-refractivity contribution < 1.29 is 9.47 Å². The first-order chi connectivity index (χ1) is 11.1. The first-order valence-electron chi connectivity index (χ1n) is 8.84. The van der Waals surface area contributed by atoms with Gasteiger partial charge in [-0.3, -0.25) is 4.99 Å². The lowest BCUT2D eigenvalue weighted by Crippen LogP contribution is -2.41. The lowest BCUT2D eigenvalue weighted by atomic mass is 9.99. The first kappa shape index (κ1) is 24.3. The van der Waals surface area contributed by atoms with Crippen molar-refractivity contribution in [3.05, 3.63) is 0 Å². The Bertz CT molecular complexity index is 338. The number of nitrogens with one attached hydrogen (secondary N) is 2. The monoisotopic (exact) mass is 473 g/mol. The van der Waals surface area contributed by atoms with Crippen LogP contribution in [0, 0.1) is 5.92 Å². The highest BCUT2D eigenvalue weighted by atomic mass is 127. The maximum atomic E-state index is 5.61. The summed E-state index contributed by atoms with van der Waals surface area (Å²) in [6.45, 7) is 12.4. The maximum Gasteiger partial charge on any atom is 0.191 e. The number of guanidine groups is 1. The summed E-state index contributed by atoms with van der Waals surface area (Å²) < 4.78 is 11.3. The molecule has 5 nitrogen and oxygen atoms in total. The SMILES string of the molecule is CCNC(=NCC1(SC)CCOCC1)NCCCOCC(C)C.I. The van der Waals surface area contributed by atoms with Crippen LogP contribution < -0.4 is 10.6 Å². The normalized spacial score (nSPS) is 17.5. The molecule has 1 saturated heterocycles. The van der Waals surface area contributed by atoms with Crippen molar-refractivity contribution in [1.82, 2.24) is 10.6 Å². The number of ether oxygens (including phenoxy) is 2. The molecule has 0 aromatic heterocycles. The Labute approximate surface area is 169 Å². The number of hydrogen-bond donors (Lipinski definition) is 2. The third-order valence-corrected chi connectivity index (χ3v) is 5.32. The summed E-state index contributed by atoms with van der Waals surface area (Å²) in [7, 11) is 0. The zero-order valence-electron chi connectivity index (χ0n) is 15.7. The molecule has 0 aromatic rings. The molecule has 1 heterocycles. The zero-order chi connectivity index (χ0) is 17.0. The number of hydrogen-bond acceptors (Lipinski definition) is 4. The standard InChI is InChI=1S/C17H35N3O2S.HI/c1-5-18-16(19-9-6-10-22-13-15(2)3)20-14-17(23-4)7-11-21-12-8-17;/h15H,5-14H2,1-4H3,(H2,18,19,20);1H. The highest BCUT2D eigenvalue weighted by Gasteiger charge is 2.31. The minimum atomic E-state index is 0. The van der Waals surface area contributed by atoms with Gasteiger partial charge in [0.05, 0.1) is 6.54 Å². The molecule has 0 amide bonds. The van der Waals surface area contributed by atoms with E-state index in [2.05, 4.69) is 37.7 Å². The molecule has 1 aliphatic rings. The van der Waals surface area contributed by atoms with E-state index in [0.29, 0.717) is 5.92 Å². The van der Waals surface area contributed by atoms with Crippen molar-refractivity contribution in [3.63, 3.8) is 0 Å². The summed E-state index contributed by atoms with van der Waals surface area (Å²) >= 11 is 1.93. The molecule has 0 aliphatic carbocycles. The fourth-order valence-corrected chi connectivity index (χ4v) is 3.20. The molecular weight excluding hydrogens is 437 g/mol. The molecule has 0 spiro atoms. The van der Waals surface area contributed by atoms with Crippen LogP contribution in [0.3, 0.4) is 0 Å². The van der Waals surface area contributed by atoms with Gasteiger partial charge in [-0.1, -0.05) is 13.8 Å². The fourth-order valence-electron chi connectivity index (χ4n) is 2.44. The van der Waals surface area contributed by atoms with Crippen LogP contribution in [0.4, 0.5) is 0 Å².